The van der Waals surface area contributed by atoms with Gasteiger partial charge >= 0.3 is 0 Å². The number of anilines is 1. The van der Waals surface area contributed by atoms with Gasteiger partial charge in [0, 0.05) is 36.8 Å². The van der Waals surface area contributed by atoms with Crippen LogP contribution in [0.15, 0.2) is 24.3 Å². The normalized spacial score (nSPS) is 9.92. The predicted molar refractivity (Wildman–Crippen MR) is 162 cm³/mol. The standard InChI is InChI=1S/C29H53NO.2C2H6.U/c1-2-3-4-5-6-7-8-9-10-11-12-13-14-15-16-17-18-19-20-21-22-27-31-29-25-23-28(30)24-26-29;2*1-2;/h23-26H,2-22,27,30H2,1H3;2*1-2H3;. The zero-order chi connectivity index (χ0) is 26.2. The molecule has 3 heteroatoms. The number of hydrogen-bond donors (Lipinski definition) is 1. The van der Waals surface area contributed by atoms with E-state index in [0.29, 0.717) is 0 Å². The Bertz CT molecular complexity index is 477. The SMILES string of the molecule is CC.CC.CCCCCCCCCCCCCCCCCCCCCCCOc1ccc(N)cc1.[U]. The summed E-state index contributed by atoms with van der Waals surface area (Å²) < 4.78 is 5.75. The van der Waals surface area contributed by atoms with Gasteiger partial charge in [0.15, 0.2) is 0 Å². The maximum absolute atomic E-state index is 5.75. The van der Waals surface area contributed by atoms with E-state index in [4.69, 9.17) is 10.5 Å². The number of nitrogen functional groups attached to an aromatic ring is 1. The fraction of sp³-hybridized carbons (Fsp3) is 0.818. The van der Waals surface area contributed by atoms with Gasteiger partial charge in [-0.1, -0.05) is 163 Å². The summed E-state index contributed by atoms with van der Waals surface area (Å²) in [6, 6.07) is 7.69. The molecule has 0 amide bonds. The van der Waals surface area contributed by atoms with Gasteiger partial charge in [-0.05, 0) is 30.7 Å². The van der Waals surface area contributed by atoms with Gasteiger partial charge in [-0.15, -0.1) is 0 Å². The quantitative estimate of drug-likeness (QED) is 0.0899. The Balaban J connectivity index is -0.00000207. The second-order valence-corrected chi connectivity index (χ2v) is 9.49. The van der Waals surface area contributed by atoms with Crippen molar-refractivity contribution in [2.45, 2.75) is 169 Å². The molecule has 0 spiro atoms. The Morgan fingerprint density at radius 1 is 0.472 bits per heavy atom. The largest absolute Gasteiger partial charge is 0.494 e. The van der Waals surface area contributed by atoms with Gasteiger partial charge in [0.2, 0.25) is 0 Å². The maximum atomic E-state index is 5.75. The summed E-state index contributed by atoms with van der Waals surface area (Å²) in [5.41, 5.74) is 6.48. The van der Waals surface area contributed by atoms with Crippen LogP contribution in [0.2, 0.25) is 0 Å². The molecule has 212 valence electrons. The van der Waals surface area contributed by atoms with Crippen molar-refractivity contribution < 1.29 is 35.9 Å². The molecule has 0 heterocycles. The van der Waals surface area contributed by atoms with Gasteiger partial charge in [-0.3, -0.25) is 0 Å². The molecule has 0 saturated carbocycles. The molecule has 0 aliphatic carbocycles. The van der Waals surface area contributed by atoms with Crippen LogP contribution in [0.25, 0.3) is 0 Å². The smallest absolute Gasteiger partial charge is 0.119 e. The molecule has 0 aliphatic heterocycles. The van der Waals surface area contributed by atoms with Crippen LogP contribution >= 0.6 is 0 Å². The van der Waals surface area contributed by atoms with Crippen molar-refractivity contribution in [3.8, 4) is 5.75 Å². The molecule has 1 aromatic carbocycles. The molecular weight excluding hydrogens is 664 g/mol. The van der Waals surface area contributed by atoms with Gasteiger partial charge in [0.25, 0.3) is 0 Å². The van der Waals surface area contributed by atoms with Gasteiger partial charge < -0.3 is 10.5 Å². The minimum atomic E-state index is 0. The van der Waals surface area contributed by atoms with Crippen LogP contribution in [0.3, 0.4) is 0 Å². The summed E-state index contributed by atoms with van der Waals surface area (Å²) >= 11 is 0. The minimum Gasteiger partial charge on any atom is -0.494 e. The Morgan fingerprint density at radius 3 is 1.06 bits per heavy atom. The zero-order valence-electron chi connectivity index (χ0n) is 25.4. The van der Waals surface area contributed by atoms with Gasteiger partial charge in [0.05, 0.1) is 6.61 Å². The number of ether oxygens (including phenoxy) is 1. The number of benzene rings is 1. The molecule has 36 heavy (non-hydrogen) atoms. The second kappa shape index (κ2) is 37.0. The van der Waals surface area contributed by atoms with E-state index in [-0.39, 0.29) is 31.1 Å². The molecule has 0 aliphatic rings. The molecular formula is C33H65NOU. The topological polar surface area (TPSA) is 35.2 Å². The minimum absolute atomic E-state index is 0. The Labute approximate surface area is 252 Å². The van der Waals surface area contributed by atoms with Crippen LogP contribution in [-0.2, 0) is 0 Å². The van der Waals surface area contributed by atoms with E-state index in [1.54, 1.807) is 0 Å². The van der Waals surface area contributed by atoms with E-state index in [0.717, 1.165) is 24.5 Å². The van der Waals surface area contributed by atoms with Crippen LogP contribution in [0.1, 0.15) is 169 Å². The molecule has 1 rings (SSSR count). The summed E-state index contributed by atoms with van der Waals surface area (Å²) in [4.78, 5) is 0. The Hall–Kier alpha value is -0.128. The molecule has 1 aromatic rings. The van der Waals surface area contributed by atoms with E-state index >= 15 is 0 Å². The third-order valence-electron chi connectivity index (χ3n) is 6.40. The van der Waals surface area contributed by atoms with Gasteiger partial charge in [-0.25, -0.2) is 0 Å². The van der Waals surface area contributed by atoms with E-state index in [9.17, 15) is 0 Å². The van der Waals surface area contributed by atoms with E-state index in [2.05, 4.69) is 6.92 Å². The van der Waals surface area contributed by atoms with Crippen LogP contribution in [0.4, 0.5) is 5.69 Å². The summed E-state index contributed by atoms with van der Waals surface area (Å²) in [7, 11) is 0. The molecule has 0 unspecified atom stereocenters. The average molecular weight is 730 g/mol. The number of hydrogen-bond acceptors (Lipinski definition) is 2. The third-order valence-corrected chi connectivity index (χ3v) is 6.40. The van der Waals surface area contributed by atoms with Crippen molar-refractivity contribution >= 4 is 5.69 Å². The fourth-order valence-corrected chi connectivity index (χ4v) is 4.29. The maximum Gasteiger partial charge on any atom is 0.119 e. The van der Waals surface area contributed by atoms with E-state index < -0.39 is 0 Å². The zero-order valence-corrected chi connectivity index (χ0v) is 29.5. The monoisotopic (exact) mass is 730 g/mol. The second-order valence-electron chi connectivity index (χ2n) is 9.49. The van der Waals surface area contributed by atoms with Gasteiger partial charge in [0.1, 0.15) is 5.75 Å². The van der Waals surface area contributed by atoms with Crippen molar-refractivity contribution in [2.75, 3.05) is 12.3 Å². The first-order valence-corrected chi connectivity index (χ1v) is 15.8. The summed E-state index contributed by atoms with van der Waals surface area (Å²) in [5, 5.41) is 0. The molecule has 0 atom stereocenters. The molecule has 2 N–H and O–H groups in total. The van der Waals surface area contributed by atoms with Crippen LogP contribution in [0.5, 0.6) is 5.75 Å². The van der Waals surface area contributed by atoms with Crippen molar-refractivity contribution in [1.82, 2.24) is 0 Å². The van der Waals surface area contributed by atoms with Crippen LogP contribution in [-0.4, -0.2) is 6.61 Å². The first-order valence-electron chi connectivity index (χ1n) is 15.8. The van der Waals surface area contributed by atoms with Crippen molar-refractivity contribution in [1.29, 1.82) is 0 Å². The molecule has 2 nitrogen and oxygen atoms in total. The Kier molecular flexibility index (Phi) is 41.5. The summed E-state index contributed by atoms with van der Waals surface area (Å²) in [5.74, 6) is 0.933. The number of unbranched alkanes of at least 4 members (excludes halogenated alkanes) is 20. The van der Waals surface area contributed by atoms with E-state index in [1.807, 2.05) is 52.0 Å². The first kappa shape index (κ1) is 40.4. The summed E-state index contributed by atoms with van der Waals surface area (Å²) in [6.45, 7) is 11.1. The molecule has 0 fully saturated rings. The van der Waals surface area contributed by atoms with Crippen LogP contribution in [0, 0.1) is 31.1 Å². The third kappa shape index (κ3) is 31.9. The molecule has 0 bridgehead atoms. The number of rotatable bonds is 23. The molecule has 0 saturated heterocycles. The first-order chi connectivity index (χ1) is 17.3. The van der Waals surface area contributed by atoms with Crippen molar-refractivity contribution in [3.05, 3.63) is 24.3 Å². The fourth-order valence-electron chi connectivity index (χ4n) is 4.29. The Morgan fingerprint density at radius 2 is 0.750 bits per heavy atom. The number of nitrogens with two attached hydrogens (primary N) is 1. The van der Waals surface area contributed by atoms with Crippen LogP contribution < -0.4 is 10.5 Å². The average Bonchev–Trinajstić information content (AvgIpc) is 2.90. The van der Waals surface area contributed by atoms with E-state index in [1.165, 1.54) is 128 Å². The van der Waals surface area contributed by atoms with Crippen molar-refractivity contribution in [3.63, 3.8) is 0 Å². The molecule has 0 aromatic heterocycles. The summed E-state index contributed by atoms with van der Waals surface area (Å²) in [6.07, 6.45) is 29.9. The predicted octanol–water partition coefficient (Wildman–Crippen LogP) is 11.9. The van der Waals surface area contributed by atoms with Gasteiger partial charge in [-0.2, -0.15) is 0 Å². The molecule has 0 radical (unpaired) electrons. The van der Waals surface area contributed by atoms with Crippen molar-refractivity contribution in [2.24, 2.45) is 0 Å².